The summed E-state index contributed by atoms with van der Waals surface area (Å²) in [6.45, 7) is 4.94. The van der Waals surface area contributed by atoms with Crippen molar-refractivity contribution in [2.45, 2.75) is 26.2 Å². The molecular formula is C17H20ClN. The van der Waals surface area contributed by atoms with E-state index in [0.717, 1.165) is 11.4 Å². The van der Waals surface area contributed by atoms with Crippen LogP contribution in [0, 0.1) is 13.8 Å². The maximum Gasteiger partial charge on any atom is 0.0406 e. The molecule has 1 unspecified atom stereocenters. The molecule has 19 heavy (non-hydrogen) atoms. The molecule has 0 heterocycles. The van der Waals surface area contributed by atoms with E-state index in [2.05, 4.69) is 44.2 Å². The Balaban J connectivity index is 2.18. The van der Waals surface area contributed by atoms with E-state index < -0.39 is 0 Å². The lowest BCUT2D eigenvalue weighted by Gasteiger charge is -2.16. The molecule has 1 atom stereocenters. The Morgan fingerprint density at radius 2 is 1.68 bits per heavy atom. The van der Waals surface area contributed by atoms with Gasteiger partial charge in [-0.15, -0.1) is 0 Å². The summed E-state index contributed by atoms with van der Waals surface area (Å²) >= 11 is 5.93. The lowest BCUT2D eigenvalue weighted by Crippen LogP contribution is -2.15. The maximum absolute atomic E-state index is 5.93. The molecule has 2 heteroatoms. The standard InChI is InChI=1S/C17H20ClN/c1-12-3-4-14(9-13(12)2)10-16(11-19)15-5-7-17(18)8-6-15/h3-9,16H,10-11,19H2,1-2H3. The molecule has 100 valence electrons. The first kappa shape index (κ1) is 14.1. The molecule has 0 saturated carbocycles. The fourth-order valence-electron chi connectivity index (χ4n) is 2.29. The van der Waals surface area contributed by atoms with Gasteiger partial charge in [0.1, 0.15) is 0 Å². The maximum atomic E-state index is 5.93. The minimum absolute atomic E-state index is 0.347. The molecule has 2 aromatic rings. The van der Waals surface area contributed by atoms with Gasteiger partial charge in [0.25, 0.3) is 0 Å². The van der Waals surface area contributed by atoms with E-state index in [9.17, 15) is 0 Å². The van der Waals surface area contributed by atoms with Crippen LogP contribution in [0.5, 0.6) is 0 Å². The summed E-state index contributed by atoms with van der Waals surface area (Å²) in [7, 11) is 0. The lowest BCUT2D eigenvalue weighted by molar-refractivity contribution is 0.694. The van der Waals surface area contributed by atoms with E-state index in [0.29, 0.717) is 12.5 Å². The molecule has 0 saturated heterocycles. The van der Waals surface area contributed by atoms with Crippen LogP contribution in [-0.4, -0.2) is 6.54 Å². The average molecular weight is 274 g/mol. The highest BCUT2D eigenvalue weighted by atomic mass is 35.5. The Kier molecular flexibility index (Phi) is 4.62. The van der Waals surface area contributed by atoms with Crippen LogP contribution < -0.4 is 5.73 Å². The van der Waals surface area contributed by atoms with Crippen molar-refractivity contribution < 1.29 is 0 Å². The van der Waals surface area contributed by atoms with Crippen molar-refractivity contribution in [1.29, 1.82) is 0 Å². The van der Waals surface area contributed by atoms with E-state index >= 15 is 0 Å². The first-order valence-corrected chi connectivity index (χ1v) is 6.99. The van der Waals surface area contributed by atoms with Crippen molar-refractivity contribution in [3.05, 3.63) is 69.7 Å². The Bertz CT molecular complexity index is 546. The topological polar surface area (TPSA) is 26.0 Å². The highest BCUT2D eigenvalue weighted by Crippen LogP contribution is 2.23. The number of rotatable bonds is 4. The summed E-state index contributed by atoms with van der Waals surface area (Å²) < 4.78 is 0. The second kappa shape index (κ2) is 6.23. The lowest BCUT2D eigenvalue weighted by atomic mass is 9.91. The van der Waals surface area contributed by atoms with Gasteiger partial charge in [-0.2, -0.15) is 0 Å². The zero-order valence-electron chi connectivity index (χ0n) is 11.5. The summed E-state index contributed by atoms with van der Waals surface area (Å²) in [5.41, 5.74) is 11.2. The molecule has 0 aliphatic carbocycles. The summed E-state index contributed by atoms with van der Waals surface area (Å²) in [5.74, 6) is 0.347. The zero-order chi connectivity index (χ0) is 13.8. The molecule has 0 spiro atoms. The van der Waals surface area contributed by atoms with Gasteiger partial charge in [-0.3, -0.25) is 0 Å². The van der Waals surface area contributed by atoms with E-state index in [1.165, 1.54) is 22.3 Å². The molecule has 0 aromatic heterocycles. The molecule has 2 N–H and O–H groups in total. The molecule has 2 aromatic carbocycles. The van der Waals surface area contributed by atoms with Gasteiger partial charge in [-0.1, -0.05) is 41.9 Å². The summed E-state index contributed by atoms with van der Waals surface area (Å²) in [6.07, 6.45) is 0.971. The van der Waals surface area contributed by atoms with Crippen LogP contribution in [0.3, 0.4) is 0 Å². The number of aryl methyl sites for hydroxylation is 2. The van der Waals surface area contributed by atoms with Crippen molar-refractivity contribution in [3.63, 3.8) is 0 Å². The highest BCUT2D eigenvalue weighted by Gasteiger charge is 2.11. The molecule has 0 radical (unpaired) electrons. The normalized spacial score (nSPS) is 12.4. The Morgan fingerprint density at radius 3 is 2.26 bits per heavy atom. The van der Waals surface area contributed by atoms with Crippen LogP contribution in [0.2, 0.25) is 5.02 Å². The van der Waals surface area contributed by atoms with Crippen molar-refractivity contribution in [2.24, 2.45) is 5.73 Å². The number of benzene rings is 2. The molecular weight excluding hydrogens is 254 g/mol. The van der Waals surface area contributed by atoms with Crippen molar-refractivity contribution in [3.8, 4) is 0 Å². The van der Waals surface area contributed by atoms with Crippen LogP contribution in [0.15, 0.2) is 42.5 Å². The fourth-order valence-corrected chi connectivity index (χ4v) is 2.41. The van der Waals surface area contributed by atoms with Gasteiger partial charge < -0.3 is 5.73 Å². The first-order valence-electron chi connectivity index (χ1n) is 6.62. The fraction of sp³-hybridized carbons (Fsp3) is 0.294. The van der Waals surface area contributed by atoms with Crippen molar-refractivity contribution >= 4 is 11.6 Å². The van der Waals surface area contributed by atoms with E-state index in [4.69, 9.17) is 17.3 Å². The van der Waals surface area contributed by atoms with Gasteiger partial charge in [-0.05, 0) is 61.2 Å². The van der Waals surface area contributed by atoms with E-state index in [1.54, 1.807) is 0 Å². The predicted octanol–water partition coefficient (Wildman–Crippen LogP) is 4.24. The van der Waals surface area contributed by atoms with Gasteiger partial charge in [0.05, 0.1) is 0 Å². The van der Waals surface area contributed by atoms with E-state index in [-0.39, 0.29) is 0 Å². The smallest absolute Gasteiger partial charge is 0.0406 e. The van der Waals surface area contributed by atoms with Crippen LogP contribution in [0.25, 0.3) is 0 Å². The largest absolute Gasteiger partial charge is 0.330 e. The predicted molar refractivity (Wildman–Crippen MR) is 82.9 cm³/mol. The van der Waals surface area contributed by atoms with Crippen LogP contribution in [-0.2, 0) is 6.42 Å². The third kappa shape index (κ3) is 3.59. The molecule has 0 aliphatic rings. The van der Waals surface area contributed by atoms with Crippen LogP contribution in [0.4, 0.5) is 0 Å². The van der Waals surface area contributed by atoms with Crippen molar-refractivity contribution in [2.75, 3.05) is 6.54 Å². The third-order valence-electron chi connectivity index (χ3n) is 3.68. The summed E-state index contributed by atoms with van der Waals surface area (Å²) in [6, 6.07) is 14.6. The average Bonchev–Trinajstić information content (AvgIpc) is 2.41. The number of nitrogens with two attached hydrogens (primary N) is 1. The minimum atomic E-state index is 0.347. The monoisotopic (exact) mass is 273 g/mol. The Hall–Kier alpha value is -1.31. The van der Waals surface area contributed by atoms with Gasteiger partial charge in [-0.25, -0.2) is 0 Å². The second-order valence-corrected chi connectivity index (χ2v) is 5.54. The van der Waals surface area contributed by atoms with Gasteiger partial charge >= 0.3 is 0 Å². The minimum Gasteiger partial charge on any atom is -0.330 e. The Morgan fingerprint density at radius 1 is 1.00 bits per heavy atom. The zero-order valence-corrected chi connectivity index (χ0v) is 12.2. The molecule has 0 aliphatic heterocycles. The van der Waals surface area contributed by atoms with Gasteiger partial charge in [0.2, 0.25) is 0 Å². The highest BCUT2D eigenvalue weighted by molar-refractivity contribution is 6.30. The number of hydrogen-bond acceptors (Lipinski definition) is 1. The quantitative estimate of drug-likeness (QED) is 0.886. The molecule has 0 bridgehead atoms. The summed E-state index contributed by atoms with van der Waals surface area (Å²) in [4.78, 5) is 0. The molecule has 2 rings (SSSR count). The Labute approximate surface area is 120 Å². The second-order valence-electron chi connectivity index (χ2n) is 5.11. The van der Waals surface area contributed by atoms with Crippen LogP contribution >= 0.6 is 11.6 Å². The number of hydrogen-bond donors (Lipinski definition) is 1. The van der Waals surface area contributed by atoms with Crippen LogP contribution in [0.1, 0.15) is 28.2 Å². The molecule has 1 nitrogen and oxygen atoms in total. The molecule has 0 amide bonds. The first-order chi connectivity index (χ1) is 9.10. The van der Waals surface area contributed by atoms with Gasteiger partial charge in [0.15, 0.2) is 0 Å². The van der Waals surface area contributed by atoms with Crippen molar-refractivity contribution in [1.82, 2.24) is 0 Å². The summed E-state index contributed by atoms with van der Waals surface area (Å²) in [5, 5.41) is 0.769. The molecule has 0 fully saturated rings. The van der Waals surface area contributed by atoms with Gasteiger partial charge in [0, 0.05) is 10.9 Å². The third-order valence-corrected chi connectivity index (χ3v) is 3.93. The number of halogens is 1. The van der Waals surface area contributed by atoms with E-state index in [1.807, 2.05) is 12.1 Å². The SMILES string of the molecule is Cc1ccc(CC(CN)c2ccc(Cl)cc2)cc1C.